The van der Waals surface area contributed by atoms with Crippen LogP contribution in [0.3, 0.4) is 0 Å². The second-order valence-electron chi connectivity index (χ2n) is 4.59. The van der Waals surface area contributed by atoms with Gasteiger partial charge in [0.15, 0.2) is 0 Å². The standard InChI is InChI=1S/C12H16F3NO3S/c1-8(7-12(13,14)15)16-20(18,19)11-5-3-4-10(6-11)9(2)17/h3-6,8-9,16-17H,7H2,1-2H3. The van der Waals surface area contributed by atoms with E-state index >= 15 is 0 Å². The minimum Gasteiger partial charge on any atom is -0.389 e. The summed E-state index contributed by atoms with van der Waals surface area (Å²) in [5, 5.41) is 9.38. The van der Waals surface area contributed by atoms with E-state index < -0.39 is 34.8 Å². The van der Waals surface area contributed by atoms with Crippen LogP contribution < -0.4 is 4.72 Å². The summed E-state index contributed by atoms with van der Waals surface area (Å²) in [5.74, 6) is 0. The van der Waals surface area contributed by atoms with Crippen LogP contribution in [0.4, 0.5) is 13.2 Å². The summed E-state index contributed by atoms with van der Waals surface area (Å²) < 4.78 is 62.4. The van der Waals surface area contributed by atoms with Crippen molar-refractivity contribution in [2.45, 2.75) is 43.5 Å². The van der Waals surface area contributed by atoms with Crippen LogP contribution in [0.1, 0.15) is 31.9 Å². The maximum atomic E-state index is 12.2. The van der Waals surface area contributed by atoms with Crippen LogP contribution in [-0.4, -0.2) is 25.7 Å². The number of alkyl halides is 3. The Morgan fingerprint density at radius 3 is 2.40 bits per heavy atom. The molecule has 0 bridgehead atoms. The smallest absolute Gasteiger partial charge is 0.389 e. The van der Waals surface area contributed by atoms with Crippen molar-refractivity contribution < 1.29 is 26.7 Å². The van der Waals surface area contributed by atoms with Gasteiger partial charge in [0.25, 0.3) is 0 Å². The van der Waals surface area contributed by atoms with Gasteiger partial charge in [0.05, 0.1) is 17.4 Å². The first kappa shape index (κ1) is 16.9. The fourth-order valence-corrected chi connectivity index (χ4v) is 2.96. The van der Waals surface area contributed by atoms with Gasteiger partial charge in [0.1, 0.15) is 0 Å². The van der Waals surface area contributed by atoms with Crippen LogP contribution >= 0.6 is 0 Å². The number of aliphatic hydroxyl groups excluding tert-OH is 1. The van der Waals surface area contributed by atoms with Crippen molar-refractivity contribution in [1.29, 1.82) is 0 Å². The van der Waals surface area contributed by atoms with Crippen molar-refractivity contribution in [2.24, 2.45) is 0 Å². The largest absolute Gasteiger partial charge is 0.390 e. The van der Waals surface area contributed by atoms with Crippen molar-refractivity contribution in [3.63, 3.8) is 0 Å². The van der Waals surface area contributed by atoms with Crippen molar-refractivity contribution in [2.75, 3.05) is 0 Å². The Labute approximate surface area is 115 Å². The van der Waals surface area contributed by atoms with Gasteiger partial charge in [0, 0.05) is 6.04 Å². The zero-order valence-corrected chi connectivity index (χ0v) is 11.8. The van der Waals surface area contributed by atoms with E-state index in [4.69, 9.17) is 0 Å². The number of hydrogen-bond donors (Lipinski definition) is 2. The van der Waals surface area contributed by atoms with Gasteiger partial charge in [-0.15, -0.1) is 0 Å². The lowest BCUT2D eigenvalue weighted by atomic mass is 10.1. The molecule has 1 aromatic rings. The van der Waals surface area contributed by atoms with Crippen molar-refractivity contribution in [1.82, 2.24) is 4.72 Å². The topological polar surface area (TPSA) is 66.4 Å². The van der Waals surface area contributed by atoms with E-state index in [2.05, 4.69) is 0 Å². The number of benzene rings is 1. The van der Waals surface area contributed by atoms with Crippen molar-refractivity contribution >= 4 is 10.0 Å². The molecule has 0 aliphatic carbocycles. The molecule has 0 aromatic heterocycles. The summed E-state index contributed by atoms with van der Waals surface area (Å²) in [4.78, 5) is -0.176. The van der Waals surface area contributed by atoms with E-state index in [1.54, 1.807) is 0 Å². The lowest BCUT2D eigenvalue weighted by Gasteiger charge is -2.16. The molecule has 4 nitrogen and oxygen atoms in total. The fourth-order valence-electron chi connectivity index (χ4n) is 1.66. The number of aliphatic hydroxyl groups is 1. The summed E-state index contributed by atoms with van der Waals surface area (Å²) in [6, 6.07) is 4.17. The molecule has 1 rings (SSSR count). The highest BCUT2D eigenvalue weighted by molar-refractivity contribution is 7.89. The van der Waals surface area contributed by atoms with Crippen LogP contribution in [0.25, 0.3) is 0 Å². The van der Waals surface area contributed by atoms with Crippen LogP contribution in [0.15, 0.2) is 29.2 Å². The summed E-state index contributed by atoms with van der Waals surface area (Å²) in [6.07, 6.45) is -6.55. The summed E-state index contributed by atoms with van der Waals surface area (Å²) in [5.41, 5.74) is 0.372. The monoisotopic (exact) mass is 311 g/mol. The molecule has 2 N–H and O–H groups in total. The molecule has 1 aromatic carbocycles. The van der Waals surface area contributed by atoms with Crippen LogP contribution in [0.2, 0.25) is 0 Å². The van der Waals surface area contributed by atoms with Gasteiger partial charge >= 0.3 is 6.18 Å². The van der Waals surface area contributed by atoms with E-state index in [9.17, 15) is 26.7 Å². The number of nitrogens with one attached hydrogen (secondary N) is 1. The SMILES string of the molecule is CC(CC(F)(F)F)NS(=O)(=O)c1cccc(C(C)O)c1. The van der Waals surface area contributed by atoms with E-state index in [0.717, 1.165) is 6.92 Å². The minimum atomic E-state index is -4.44. The normalized spacial score (nSPS) is 15.9. The molecular formula is C12H16F3NO3S. The molecule has 2 unspecified atom stereocenters. The van der Waals surface area contributed by atoms with E-state index in [1.807, 2.05) is 4.72 Å². The first-order valence-corrected chi connectivity index (χ1v) is 7.37. The first-order valence-electron chi connectivity index (χ1n) is 5.88. The third-order valence-electron chi connectivity index (χ3n) is 2.54. The van der Waals surface area contributed by atoms with Gasteiger partial charge in [-0.2, -0.15) is 13.2 Å². The third-order valence-corrected chi connectivity index (χ3v) is 4.13. The highest BCUT2D eigenvalue weighted by atomic mass is 32.2. The minimum absolute atomic E-state index is 0.176. The maximum absolute atomic E-state index is 12.2. The van der Waals surface area contributed by atoms with Gasteiger partial charge in [-0.1, -0.05) is 12.1 Å². The van der Waals surface area contributed by atoms with Gasteiger partial charge in [-0.05, 0) is 31.5 Å². The Morgan fingerprint density at radius 1 is 1.30 bits per heavy atom. The Bertz CT molecular complexity index is 555. The van der Waals surface area contributed by atoms with Crippen LogP contribution in [0.5, 0.6) is 0 Å². The van der Waals surface area contributed by atoms with Crippen molar-refractivity contribution in [3.8, 4) is 0 Å². The number of hydrogen-bond acceptors (Lipinski definition) is 3. The lowest BCUT2D eigenvalue weighted by molar-refractivity contribution is -0.137. The van der Waals surface area contributed by atoms with Gasteiger partial charge in [0.2, 0.25) is 10.0 Å². The third kappa shape index (κ3) is 5.10. The highest BCUT2D eigenvalue weighted by Gasteiger charge is 2.32. The Kier molecular flexibility index (Phi) is 5.17. The van der Waals surface area contributed by atoms with E-state index in [-0.39, 0.29) is 4.90 Å². The molecule has 0 radical (unpaired) electrons. The van der Waals surface area contributed by atoms with Gasteiger partial charge in [-0.25, -0.2) is 13.1 Å². The molecule has 114 valence electrons. The average molecular weight is 311 g/mol. The zero-order valence-electron chi connectivity index (χ0n) is 11.0. The summed E-state index contributed by atoms with van der Waals surface area (Å²) >= 11 is 0. The lowest BCUT2D eigenvalue weighted by Crippen LogP contribution is -2.35. The molecule has 0 heterocycles. The molecule has 0 amide bonds. The predicted octanol–water partition coefficient (Wildman–Crippen LogP) is 2.36. The first-order chi connectivity index (χ1) is 9.01. The average Bonchev–Trinajstić information content (AvgIpc) is 2.25. The second kappa shape index (κ2) is 6.11. The maximum Gasteiger partial charge on any atom is 0.390 e. The van der Waals surface area contributed by atoms with E-state index in [1.165, 1.54) is 31.2 Å². The number of sulfonamides is 1. The number of rotatable bonds is 5. The quantitative estimate of drug-likeness (QED) is 0.877. The van der Waals surface area contributed by atoms with Crippen LogP contribution in [-0.2, 0) is 10.0 Å². The predicted molar refractivity (Wildman–Crippen MR) is 67.5 cm³/mol. The highest BCUT2D eigenvalue weighted by Crippen LogP contribution is 2.23. The molecule has 0 aliphatic heterocycles. The second-order valence-corrected chi connectivity index (χ2v) is 6.30. The molecule has 0 saturated carbocycles. The van der Waals surface area contributed by atoms with Gasteiger partial charge < -0.3 is 5.11 Å². The summed E-state index contributed by atoms with van der Waals surface area (Å²) in [7, 11) is -4.05. The Balaban J connectivity index is 2.91. The Morgan fingerprint density at radius 2 is 1.90 bits per heavy atom. The molecular weight excluding hydrogens is 295 g/mol. The van der Waals surface area contributed by atoms with Gasteiger partial charge in [-0.3, -0.25) is 0 Å². The molecule has 20 heavy (non-hydrogen) atoms. The molecule has 0 saturated heterocycles. The zero-order chi connectivity index (χ0) is 15.6. The summed E-state index contributed by atoms with van der Waals surface area (Å²) in [6.45, 7) is 2.61. The van der Waals surface area contributed by atoms with Crippen LogP contribution in [0, 0.1) is 0 Å². The molecule has 8 heteroatoms. The number of halogens is 3. The molecule has 0 fully saturated rings. The molecule has 2 atom stereocenters. The molecule has 0 aliphatic rings. The Hall–Kier alpha value is -1.12. The fraction of sp³-hybridized carbons (Fsp3) is 0.500. The van der Waals surface area contributed by atoms with Crippen molar-refractivity contribution in [3.05, 3.63) is 29.8 Å². The van der Waals surface area contributed by atoms with E-state index in [0.29, 0.717) is 5.56 Å². The molecule has 0 spiro atoms.